The van der Waals surface area contributed by atoms with E-state index in [1.807, 2.05) is 97.2 Å². The van der Waals surface area contributed by atoms with Crippen LogP contribution in [0.15, 0.2) is 182 Å². The van der Waals surface area contributed by atoms with E-state index in [-0.39, 0.29) is 5.41 Å². The Morgan fingerprint density at radius 2 is 1.17 bits per heavy atom. The van der Waals surface area contributed by atoms with E-state index in [4.69, 9.17) is 24.7 Å². The molecule has 0 amide bonds. The van der Waals surface area contributed by atoms with Crippen molar-refractivity contribution in [2.75, 3.05) is 16.5 Å². The Labute approximate surface area is 343 Å². The molecule has 8 nitrogen and oxygen atoms in total. The van der Waals surface area contributed by atoms with E-state index < -0.39 is 0 Å². The highest BCUT2D eigenvalue weighted by Crippen LogP contribution is 2.42. The molecule has 8 heteroatoms. The van der Waals surface area contributed by atoms with Gasteiger partial charge in [-0.2, -0.15) is 0 Å². The zero-order chi connectivity index (χ0) is 39.9. The summed E-state index contributed by atoms with van der Waals surface area (Å²) in [6.45, 7) is 7.40. The van der Waals surface area contributed by atoms with Crippen LogP contribution < -0.4 is 14.5 Å². The van der Waals surface area contributed by atoms with Crippen LogP contribution in [0.25, 0.3) is 61.8 Å². The van der Waals surface area contributed by atoms with Gasteiger partial charge in [0.15, 0.2) is 17.5 Å². The average Bonchev–Trinajstić information content (AvgIpc) is 3.90. The predicted molar refractivity (Wildman–Crippen MR) is 239 cm³/mol. The normalized spacial score (nSPS) is 12.8. The van der Waals surface area contributed by atoms with Crippen LogP contribution in [0.4, 0.5) is 11.4 Å². The molecule has 10 rings (SSSR count). The first-order valence-corrected chi connectivity index (χ1v) is 19.8. The summed E-state index contributed by atoms with van der Waals surface area (Å²) in [5, 5.41) is 2.12. The first-order valence-electron chi connectivity index (χ1n) is 19.8. The molecule has 0 atom stereocenters. The number of pyridine rings is 1. The SMILES string of the molecule is CC(C)(C)c1ccc(N2C=CN(c3cccc(Oc4cc5c(cc4-c4nc(-c6ccccc6)nc(-c6ccccc6)n4)c4ccccc4n5-c4ccccn4)c3)C2)cc1. The molecule has 1 aliphatic heterocycles. The molecular weight excluding hydrogens is 727 g/mol. The summed E-state index contributed by atoms with van der Waals surface area (Å²) in [5.74, 6) is 3.78. The predicted octanol–water partition coefficient (Wildman–Crippen LogP) is 12.2. The fourth-order valence-corrected chi connectivity index (χ4v) is 7.68. The maximum absolute atomic E-state index is 7.01. The third-order valence-electron chi connectivity index (χ3n) is 10.8. The molecule has 0 saturated carbocycles. The van der Waals surface area contributed by atoms with Crippen LogP contribution in [0.2, 0.25) is 0 Å². The van der Waals surface area contributed by atoms with E-state index in [1.54, 1.807) is 0 Å². The highest BCUT2D eigenvalue weighted by molar-refractivity contribution is 6.11. The molecule has 0 spiro atoms. The number of fused-ring (bicyclic) bond motifs is 3. The zero-order valence-corrected chi connectivity index (χ0v) is 33.1. The maximum Gasteiger partial charge on any atom is 0.167 e. The quantitative estimate of drug-likeness (QED) is 0.152. The van der Waals surface area contributed by atoms with Crippen molar-refractivity contribution < 1.29 is 4.74 Å². The Morgan fingerprint density at radius 3 is 1.85 bits per heavy atom. The van der Waals surface area contributed by atoms with E-state index in [1.165, 1.54) is 5.56 Å². The minimum Gasteiger partial charge on any atom is -0.456 e. The number of hydrogen-bond donors (Lipinski definition) is 0. The molecule has 4 heterocycles. The summed E-state index contributed by atoms with van der Waals surface area (Å²) in [4.78, 5) is 24.5. The number of aromatic nitrogens is 5. The van der Waals surface area contributed by atoms with Crippen LogP contribution in [0.1, 0.15) is 26.3 Å². The number of hydrogen-bond acceptors (Lipinski definition) is 7. The molecule has 0 unspecified atom stereocenters. The first-order chi connectivity index (χ1) is 28.9. The van der Waals surface area contributed by atoms with E-state index in [0.717, 1.165) is 55.7 Å². The third kappa shape index (κ3) is 6.95. The largest absolute Gasteiger partial charge is 0.456 e. The molecule has 0 saturated heterocycles. The number of nitrogens with zero attached hydrogens (tertiary/aromatic N) is 7. The summed E-state index contributed by atoms with van der Waals surface area (Å²) in [5.41, 5.74) is 8.10. The molecule has 0 aliphatic carbocycles. The average molecular weight is 768 g/mol. The van der Waals surface area contributed by atoms with Gasteiger partial charge in [-0.25, -0.2) is 19.9 Å². The summed E-state index contributed by atoms with van der Waals surface area (Å²) >= 11 is 0. The number of rotatable bonds is 8. The number of ether oxygens (including phenoxy) is 1. The van der Waals surface area contributed by atoms with Gasteiger partial charge in [-0.15, -0.1) is 0 Å². The Kier molecular flexibility index (Phi) is 8.94. The van der Waals surface area contributed by atoms with Crippen LogP contribution in [0, 0.1) is 0 Å². The van der Waals surface area contributed by atoms with Gasteiger partial charge in [-0.05, 0) is 59.5 Å². The van der Waals surface area contributed by atoms with Crippen molar-refractivity contribution in [2.24, 2.45) is 0 Å². The minimum absolute atomic E-state index is 0.100. The van der Waals surface area contributed by atoms with E-state index in [9.17, 15) is 0 Å². The van der Waals surface area contributed by atoms with Crippen molar-refractivity contribution in [3.05, 3.63) is 188 Å². The lowest BCUT2D eigenvalue weighted by molar-refractivity contribution is 0.484. The molecule has 0 N–H and O–H groups in total. The lowest BCUT2D eigenvalue weighted by atomic mass is 9.87. The van der Waals surface area contributed by atoms with E-state index in [2.05, 4.69) is 120 Å². The summed E-state index contributed by atoms with van der Waals surface area (Å²) < 4.78 is 9.20. The van der Waals surface area contributed by atoms with Gasteiger partial charge >= 0.3 is 0 Å². The standard InChI is InChI=1S/C51H41N7O/c1-51(2,3)37-24-26-38(27-25-37)56-29-30-57(34-56)39-19-14-20-40(31-39)59-46-33-45-42(41-21-10-11-22-44(41)58(45)47-23-12-13-28-52-47)32-43(46)50-54-48(35-15-6-4-7-16-35)53-49(55-50)36-17-8-5-9-18-36/h4-33H,34H2,1-3H3. The van der Waals surface area contributed by atoms with Crippen molar-refractivity contribution >= 4 is 33.2 Å². The summed E-state index contributed by atoms with van der Waals surface area (Å²) in [7, 11) is 0. The third-order valence-corrected chi connectivity index (χ3v) is 10.8. The zero-order valence-electron chi connectivity index (χ0n) is 33.1. The number of benzene rings is 6. The monoisotopic (exact) mass is 767 g/mol. The topological polar surface area (TPSA) is 72.2 Å². The lowest BCUT2D eigenvalue weighted by Gasteiger charge is -2.24. The van der Waals surface area contributed by atoms with Crippen LogP contribution >= 0.6 is 0 Å². The van der Waals surface area contributed by atoms with Crippen LogP contribution in [0.5, 0.6) is 11.5 Å². The molecule has 0 fully saturated rings. The fraction of sp³-hybridized carbons (Fsp3) is 0.0980. The molecule has 0 radical (unpaired) electrons. The van der Waals surface area contributed by atoms with Gasteiger partial charge in [0.2, 0.25) is 0 Å². The highest BCUT2D eigenvalue weighted by Gasteiger charge is 2.23. The van der Waals surface area contributed by atoms with Gasteiger partial charge in [-0.1, -0.05) is 124 Å². The molecule has 9 aromatic rings. The van der Waals surface area contributed by atoms with Crippen molar-refractivity contribution in [1.29, 1.82) is 0 Å². The Hall–Kier alpha value is -7.58. The minimum atomic E-state index is 0.100. The Bertz CT molecular complexity index is 2920. The van der Waals surface area contributed by atoms with Crippen LogP contribution in [-0.4, -0.2) is 31.2 Å². The maximum atomic E-state index is 7.01. The van der Waals surface area contributed by atoms with Crippen molar-refractivity contribution in [3.8, 4) is 51.5 Å². The van der Waals surface area contributed by atoms with E-state index >= 15 is 0 Å². The summed E-state index contributed by atoms with van der Waals surface area (Å²) in [6, 6.07) is 55.8. The molecule has 3 aromatic heterocycles. The van der Waals surface area contributed by atoms with Gasteiger partial charge in [0.05, 0.1) is 23.3 Å². The second-order valence-electron chi connectivity index (χ2n) is 15.7. The molecule has 6 aromatic carbocycles. The smallest absolute Gasteiger partial charge is 0.167 e. The van der Waals surface area contributed by atoms with Crippen LogP contribution in [0.3, 0.4) is 0 Å². The van der Waals surface area contributed by atoms with E-state index in [0.29, 0.717) is 35.6 Å². The van der Waals surface area contributed by atoms with Crippen LogP contribution in [-0.2, 0) is 5.41 Å². The number of para-hydroxylation sites is 1. The van der Waals surface area contributed by atoms with Gasteiger partial charge in [0, 0.05) is 64.0 Å². The summed E-state index contributed by atoms with van der Waals surface area (Å²) in [6.07, 6.45) is 6.06. The second-order valence-corrected chi connectivity index (χ2v) is 15.7. The van der Waals surface area contributed by atoms with Gasteiger partial charge in [-0.3, -0.25) is 4.57 Å². The molecule has 59 heavy (non-hydrogen) atoms. The van der Waals surface area contributed by atoms with Gasteiger partial charge < -0.3 is 14.5 Å². The fourth-order valence-electron chi connectivity index (χ4n) is 7.68. The molecule has 0 bridgehead atoms. The van der Waals surface area contributed by atoms with Crippen molar-refractivity contribution in [3.63, 3.8) is 0 Å². The van der Waals surface area contributed by atoms with Crippen molar-refractivity contribution in [2.45, 2.75) is 26.2 Å². The Balaban J connectivity index is 1.10. The lowest BCUT2D eigenvalue weighted by Crippen LogP contribution is -2.24. The van der Waals surface area contributed by atoms with Crippen molar-refractivity contribution in [1.82, 2.24) is 24.5 Å². The second kappa shape index (κ2) is 14.7. The highest BCUT2D eigenvalue weighted by atomic mass is 16.5. The van der Waals surface area contributed by atoms with Gasteiger partial charge in [0.25, 0.3) is 0 Å². The number of anilines is 2. The molecule has 286 valence electrons. The molecule has 1 aliphatic rings. The Morgan fingerprint density at radius 1 is 0.525 bits per heavy atom. The van der Waals surface area contributed by atoms with Gasteiger partial charge in [0.1, 0.15) is 17.3 Å². The molecular formula is C51H41N7O. The first kappa shape index (κ1) is 35.8.